The van der Waals surface area contributed by atoms with Crippen molar-refractivity contribution in [3.63, 3.8) is 0 Å². The van der Waals surface area contributed by atoms with Crippen LogP contribution in [0.5, 0.6) is 0 Å². The molecule has 2 heterocycles. The first-order valence-electron chi connectivity index (χ1n) is 8.56. The predicted octanol–water partition coefficient (Wildman–Crippen LogP) is 1.34. The minimum absolute atomic E-state index is 0.0164. The van der Waals surface area contributed by atoms with Crippen molar-refractivity contribution in [2.24, 2.45) is 11.8 Å². The average molecular weight is 348 g/mol. The SMILES string of the molecule is CCC[C@@H]1CC2=C(C[C@@H](CC)[C@H](O)C3=C1C(=O)OC3=O)C(=O)OC2=O. The van der Waals surface area contributed by atoms with Crippen LogP contribution in [0.4, 0.5) is 0 Å². The largest absolute Gasteiger partial charge is 0.388 e. The Morgan fingerprint density at radius 3 is 2.04 bits per heavy atom. The van der Waals surface area contributed by atoms with Crippen molar-refractivity contribution >= 4 is 23.9 Å². The van der Waals surface area contributed by atoms with Gasteiger partial charge in [0.15, 0.2) is 0 Å². The van der Waals surface area contributed by atoms with Crippen LogP contribution >= 0.6 is 0 Å². The summed E-state index contributed by atoms with van der Waals surface area (Å²) in [5, 5.41) is 10.7. The highest BCUT2D eigenvalue weighted by molar-refractivity contribution is 6.15. The molecule has 25 heavy (non-hydrogen) atoms. The number of rotatable bonds is 3. The number of carbonyl (C=O) groups excluding carboxylic acids is 4. The van der Waals surface area contributed by atoms with Crippen molar-refractivity contribution in [3.8, 4) is 0 Å². The van der Waals surface area contributed by atoms with E-state index < -0.39 is 41.8 Å². The molecule has 0 aromatic heterocycles. The molecule has 0 amide bonds. The summed E-state index contributed by atoms with van der Waals surface area (Å²) in [6.07, 6.45) is 0.682. The number of esters is 4. The van der Waals surface area contributed by atoms with Gasteiger partial charge in [-0.05, 0) is 31.1 Å². The van der Waals surface area contributed by atoms with Crippen molar-refractivity contribution in [2.75, 3.05) is 0 Å². The maximum Gasteiger partial charge on any atom is 0.345 e. The van der Waals surface area contributed by atoms with Gasteiger partial charge >= 0.3 is 23.9 Å². The van der Waals surface area contributed by atoms with Crippen molar-refractivity contribution in [1.82, 2.24) is 0 Å². The molecular weight excluding hydrogens is 328 g/mol. The number of aliphatic hydroxyl groups excluding tert-OH is 1. The summed E-state index contributed by atoms with van der Waals surface area (Å²) < 4.78 is 9.49. The first kappa shape index (κ1) is 17.5. The highest BCUT2D eigenvalue weighted by Gasteiger charge is 2.46. The standard InChI is InChI=1S/C18H20O7/c1-3-5-9-7-11-10(15(20)24-16(11)21)6-8(4-2)14(19)13-12(9)17(22)25-18(13)23/h8-9,14,19H,3-7H2,1-2H3/t8-,9-,14+/m1/s1. The Labute approximate surface area is 144 Å². The van der Waals surface area contributed by atoms with Crippen molar-refractivity contribution in [2.45, 2.75) is 52.1 Å². The van der Waals surface area contributed by atoms with Gasteiger partial charge in [-0.1, -0.05) is 26.7 Å². The van der Waals surface area contributed by atoms with E-state index in [1.807, 2.05) is 6.92 Å². The van der Waals surface area contributed by atoms with Crippen molar-refractivity contribution in [3.05, 3.63) is 22.3 Å². The van der Waals surface area contributed by atoms with Gasteiger partial charge < -0.3 is 14.6 Å². The summed E-state index contributed by atoms with van der Waals surface area (Å²) in [5.74, 6) is -3.97. The molecule has 0 aromatic rings. The quantitative estimate of drug-likeness (QED) is 0.606. The third-order valence-electron chi connectivity index (χ3n) is 5.19. The first-order chi connectivity index (χ1) is 11.9. The lowest BCUT2D eigenvalue weighted by molar-refractivity contribution is -0.153. The van der Waals surface area contributed by atoms with Crippen LogP contribution in [0.25, 0.3) is 0 Å². The normalized spacial score (nSPS) is 29.8. The maximum absolute atomic E-state index is 12.2. The van der Waals surface area contributed by atoms with Crippen molar-refractivity contribution in [1.29, 1.82) is 0 Å². The molecule has 7 heteroatoms. The van der Waals surface area contributed by atoms with E-state index >= 15 is 0 Å². The van der Waals surface area contributed by atoms with Crippen LogP contribution < -0.4 is 0 Å². The molecule has 3 rings (SSSR count). The number of aliphatic hydroxyl groups is 1. The second-order valence-electron chi connectivity index (χ2n) is 6.65. The van der Waals surface area contributed by atoms with Gasteiger partial charge in [-0.3, -0.25) is 0 Å². The average Bonchev–Trinajstić information content (AvgIpc) is 3.00. The van der Waals surface area contributed by atoms with Gasteiger partial charge in [-0.25, -0.2) is 19.2 Å². The van der Waals surface area contributed by atoms with Crippen molar-refractivity contribution < 1.29 is 33.8 Å². The molecule has 3 aliphatic rings. The minimum atomic E-state index is -1.23. The van der Waals surface area contributed by atoms with Gasteiger partial charge in [0.1, 0.15) is 0 Å². The second-order valence-corrected chi connectivity index (χ2v) is 6.65. The van der Waals surface area contributed by atoms with E-state index in [-0.39, 0.29) is 35.1 Å². The molecule has 2 aliphatic heterocycles. The van der Waals surface area contributed by atoms with Crippen LogP contribution in [0.2, 0.25) is 0 Å². The third-order valence-corrected chi connectivity index (χ3v) is 5.19. The number of cyclic esters (lactones) is 4. The van der Waals surface area contributed by atoms with Crippen LogP contribution in [-0.2, 0) is 28.7 Å². The zero-order valence-corrected chi connectivity index (χ0v) is 14.2. The molecule has 3 atom stereocenters. The molecule has 1 aliphatic carbocycles. The Hall–Kier alpha value is -2.28. The van der Waals surface area contributed by atoms with E-state index in [9.17, 15) is 24.3 Å². The van der Waals surface area contributed by atoms with Crippen LogP contribution in [-0.4, -0.2) is 35.1 Å². The lowest BCUT2D eigenvalue weighted by Crippen LogP contribution is -2.27. The molecule has 0 saturated heterocycles. The molecule has 7 nitrogen and oxygen atoms in total. The molecule has 0 radical (unpaired) electrons. The fourth-order valence-electron chi connectivity index (χ4n) is 3.87. The van der Waals surface area contributed by atoms with Gasteiger partial charge in [0, 0.05) is 11.1 Å². The lowest BCUT2D eigenvalue weighted by Gasteiger charge is -2.22. The summed E-state index contributed by atoms with van der Waals surface area (Å²) in [7, 11) is 0. The maximum atomic E-state index is 12.2. The second kappa shape index (κ2) is 6.55. The van der Waals surface area contributed by atoms with E-state index in [0.717, 1.165) is 0 Å². The first-order valence-corrected chi connectivity index (χ1v) is 8.56. The smallest absolute Gasteiger partial charge is 0.345 e. The van der Waals surface area contributed by atoms with Crippen LogP contribution in [0.1, 0.15) is 46.0 Å². The lowest BCUT2D eigenvalue weighted by atomic mass is 9.83. The van der Waals surface area contributed by atoms with Gasteiger partial charge in [0.05, 0.1) is 17.3 Å². The number of ether oxygens (including phenoxy) is 2. The summed E-state index contributed by atoms with van der Waals surface area (Å²) >= 11 is 0. The number of hydrogen-bond donors (Lipinski definition) is 1. The van der Waals surface area contributed by atoms with E-state index in [4.69, 9.17) is 9.47 Å². The van der Waals surface area contributed by atoms with E-state index in [0.29, 0.717) is 19.3 Å². The van der Waals surface area contributed by atoms with Crippen LogP contribution in [0, 0.1) is 11.8 Å². The molecule has 1 N–H and O–H groups in total. The van der Waals surface area contributed by atoms with Crippen LogP contribution in [0.3, 0.4) is 0 Å². The van der Waals surface area contributed by atoms with Gasteiger partial charge in [0.2, 0.25) is 0 Å². The highest BCUT2D eigenvalue weighted by Crippen LogP contribution is 2.41. The zero-order chi connectivity index (χ0) is 18.3. The molecule has 0 fully saturated rings. The summed E-state index contributed by atoms with van der Waals surface area (Å²) in [6, 6.07) is 0. The topological polar surface area (TPSA) is 107 Å². The zero-order valence-electron chi connectivity index (χ0n) is 14.2. The minimum Gasteiger partial charge on any atom is -0.388 e. The Kier molecular flexibility index (Phi) is 4.60. The monoisotopic (exact) mass is 348 g/mol. The summed E-state index contributed by atoms with van der Waals surface area (Å²) in [6.45, 7) is 3.72. The molecule has 0 saturated carbocycles. The van der Waals surface area contributed by atoms with E-state index in [1.54, 1.807) is 6.92 Å². The molecule has 0 aromatic carbocycles. The van der Waals surface area contributed by atoms with E-state index in [2.05, 4.69) is 0 Å². The highest BCUT2D eigenvalue weighted by atomic mass is 16.6. The fourth-order valence-corrected chi connectivity index (χ4v) is 3.87. The number of hydrogen-bond acceptors (Lipinski definition) is 7. The molecule has 0 spiro atoms. The van der Waals surface area contributed by atoms with Gasteiger partial charge in [-0.15, -0.1) is 0 Å². The third kappa shape index (κ3) is 2.82. The molecule has 0 unspecified atom stereocenters. The number of carbonyl (C=O) groups is 4. The molecule has 0 bridgehead atoms. The van der Waals surface area contributed by atoms with Gasteiger partial charge in [-0.2, -0.15) is 0 Å². The van der Waals surface area contributed by atoms with Crippen LogP contribution in [0.15, 0.2) is 22.3 Å². The Morgan fingerprint density at radius 1 is 0.880 bits per heavy atom. The Bertz CT molecular complexity index is 728. The Morgan fingerprint density at radius 2 is 1.44 bits per heavy atom. The van der Waals surface area contributed by atoms with E-state index in [1.165, 1.54) is 0 Å². The van der Waals surface area contributed by atoms with Gasteiger partial charge in [0.25, 0.3) is 0 Å². The predicted molar refractivity (Wildman–Crippen MR) is 83.7 cm³/mol. The molecule has 134 valence electrons. The molecular formula is C18H20O7. The summed E-state index contributed by atoms with van der Waals surface area (Å²) in [5.41, 5.74) is 0.616. The fraction of sp³-hybridized carbons (Fsp3) is 0.556. The Balaban J connectivity index is 2.17. The summed E-state index contributed by atoms with van der Waals surface area (Å²) in [4.78, 5) is 48.6.